The number of esters is 3. The van der Waals surface area contributed by atoms with Crippen LogP contribution in [0.25, 0.3) is 22.3 Å². The van der Waals surface area contributed by atoms with Crippen molar-refractivity contribution in [3.63, 3.8) is 0 Å². The van der Waals surface area contributed by atoms with Gasteiger partial charge in [-0.1, -0.05) is 109 Å². The second kappa shape index (κ2) is 24.9. The lowest BCUT2D eigenvalue weighted by Gasteiger charge is -2.22. The fourth-order valence-corrected chi connectivity index (χ4v) is 6.59. The molecule has 0 saturated carbocycles. The normalized spacial score (nSPS) is 13.0. The molecule has 5 N–H and O–H groups in total. The Hall–Kier alpha value is -4.20. The van der Waals surface area contributed by atoms with Crippen LogP contribution in [0, 0.1) is 5.92 Å². The van der Waals surface area contributed by atoms with Crippen LogP contribution in [-0.4, -0.2) is 77.6 Å². The Balaban J connectivity index is 0.000000338. The van der Waals surface area contributed by atoms with Crippen LogP contribution in [0.3, 0.4) is 0 Å². The van der Waals surface area contributed by atoms with Gasteiger partial charge in [0.05, 0.1) is 19.3 Å². The van der Waals surface area contributed by atoms with Crippen molar-refractivity contribution in [2.24, 2.45) is 11.7 Å². The maximum absolute atomic E-state index is 12.4. The number of benzene rings is 4. The molecule has 0 unspecified atom stereocenters. The molecule has 60 heavy (non-hydrogen) atoms. The number of ether oxygens (including phenoxy) is 3. The molecule has 0 aliphatic heterocycles. The third-order valence-electron chi connectivity index (χ3n) is 8.65. The first kappa shape index (κ1) is 50.2. The summed E-state index contributed by atoms with van der Waals surface area (Å²) in [6.07, 6.45) is -2.27. The van der Waals surface area contributed by atoms with E-state index in [2.05, 4.69) is 5.32 Å². The molecule has 0 heterocycles. The molecule has 0 saturated heterocycles. The highest BCUT2D eigenvalue weighted by atomic mass is 35.5. The number of carbonyl (C=O) groups excluding carboxylic acids is 4. The summed E-state index contributed by atoms with van der Waals surface area (Å²) in [5, 5.41) is 25.0. The largest absolute Gasteiger partial charge is 0.464 e. The summed E-state index contributed by atoms with van der Waals surface area (Å²) in [6, 6.07) is 24.6. The van der Waals surface area contributed by atoms with Crippen LogP contribution in [-0.2, 0) is 46.2 Å². The third kappa shape index (κ3) is 17.0. The van der Waals surface area contributed by atoms with Gasteiger partial charge in [0.1, 0.15) is 0 Å². The number of hydrogen-bond acceptors (Lipinski definition) is 10. The first-order valence-corrected chi connectivity index (χ1v) is 20.9. The molecule has 0 aliphatic rings. The third-order valence-corrected chi connectivity index (χ3v) is 9.78. The van der Waals surface area contributed by atoms with E-state index >= 15 is 0 Å². The van der Waals surface area contributed by atoms with Crippen molar-refractivity contribution in [2.45, 2.75) is 90.7 Å². The van der Waals surface area contributed by atoms with E-state index in [-0.39, 0.29) is 44.4 Å². The Bertz CT molecular complexity index is 2030. The Kier molecular flexibility index (Phi) is 20.8. The number of hydrogen-bond donors (Lipinski definition) is 4. The molecule has 4 aromatic rings. The van der Waals surface area contributed by atoms with Crippen LogP contribution in [0.1, 0.15) is 58.6 Å². The Morgan fingerprint density at radius 1 is 0.667 bits per heavy atom. The Morgan fingerprint density at radius 2 is 1.15 bits per heavy atom. The summed E-state index contributed by atoms with van der Waals surface area (Å²) < 4.78 is 14.8. The molecule has 4 rings (SSSR count). The van der Waals surface area contributed by atoms with Gasteiger partial charge in [-0.3, -0.25) is 4.79 Å². The highest BCUT2D eigenvalue weighted by Gasteiger charge is 2.27. The molecule has 1 amide bonds. The number of carbonyl (C=O) groups is 4. The fourth-order valence-electron chi connectivity index (χ4n) is 5.79. The Labute approximate surface area is 371 Å². The zero-order valence-electron chi connectivity index (χ0n) is 34.1. The van der Waals surface area contributed by atoms with Crippen molar-refractivity contribution in [2.75, 3.05) is 13.2 Å². The maximum atomic E-state index is 12.4. The van der Waals surface area contributed by atoms with Crippen molar-refractivity contribution in [1.82, 2.24) is 5.32 Å². The van der Waals surface area contributed by atoms with Crippen LogP contribution in [0.2, 0.25) is 20.1 Å². The van der Waals surface area contributed by atoms with Crippen molar-refractivity contribution in [1.29, 1.82) is 0 Å². The second-order valence-corrected chi connectivity index (χ2v) is 16.4. The van der Waals surface area contributed by atoms with Gasteiger partial charge in [0.15, 0.2) is 12.2 Å². The van der Waals surface area contributed by atoms with Crippen molar-refractivity contribution < 1.29 is 43.6 Å². The van der Waals surface area contributed by atoms with Crippen molar-refractivity contribution in [3.8, 4) is 22.3 Å². The minimum absolute atomic E-state index is 0.0710. The molecule has 0 bridgehead atoms. The molecule has 15 heteroatoms. The average molecular weight is 907 g/mol. The van der Waals surface area contributed by atoms with E-state index in [1.54, 1.807) is 51.1 Å². The minimum Gasteiger partial charge on any atom is -0.464 e. The van der Waals surface area contributed by atoms with Crippen molar-refractivity contribution >= 4 is 70.2 Å². The summed E-state index contributed by atoms with van der Waals surface area (Å²) >= 11 is 24.6. The molecule has 11 nitrogen and oxygen atoms in total. The molecule has 0 aliphatic carbocycles. The van der Waals surface area contributed by atoms with E-state index in [4.69, 9.17) is 66.3 Å². The highest BCUT2D eigenvalue weighted by molar-refractivity contribution is 6.36. The molecular weight excluding hydrogens is 854 g/mol. The lowest BCUT2D eigenvalue weighted by atomic mass is 9.97. The first-order chi connectivity index (χ1) is 28.4. The van der Waals surface area contributed by atoms with Gasteiger partial charge in [0, 0.05) is 49.7 Å². The Morgan fingerprint density at radius 3 is 1.62 bits per heavy atom. The second-order valence-electron chi connectivity index (χ2n) is 14.7. The van der Waals surface area contributed by atoms with Crippen LogP contribution in [0.5, 0.6) is 0 Å². The molecule has 0 radical (unpaired) electrons. The predicted octanol–water partition coefficient (Wildman–Crippen LogP) is 8.43. The highest BCUT2D eigenvalue weighted by Crippen LogP contribution is 2.32. The number of amides is 1. The molecule has 324 valence electrons. The summed E-state index contributed by atoms with van der Waals surface area (Å²) in [4.78, 5) is 48.0. The van der Waals surface area contributed by atoms with E-state index in [1.807, 2.05) is 68.4 Å². The maximum Gasteiger partial charge on any atom is 0.396 e. The number of aliphatic hydroxyl groups is 2. The lowest BCUT2D eigenvalue weighted by Crippen LogP contribution is -2.44. The SMILES string of the molecule is CC(C)COC(=O)C(=O)N[C@H](Cc1ccc(-c2cc(Cl)ccc2Cl)cc1)C[C@@H](O)C(=O)OC(C)C.CCOC(=O)[C@H](O)C[C@H](N)Cc1ccc(-c2cc(Cl)ccc2Cl)cc1. The van der Waals surface area contributed by atoms with Crippen LogP contribution in [0.4, 0.5) is 0 Å². The number of halogens is 4. The van der Waals surface area contributed by atoms with Gasteiger partial charge in [0.25, 0.3) is 0 Å². The van der Waals surface area contributed by atoms with Gasteiger partial charge in [-0.05, 0) is 105 Å². The summed E-state index contributed by atoms with van der Waals surface area (Å²) in [5.74, 6) is -3.32. The average Bonchev–Trinajstić information content (AvgIpc) is 3.19. The van der Waals surface area contributed by atoms with E-state index in [0.29, 0.717) is 26.5 Å². The van der Waals surface area contributed by atoms with Gasteiger partial charge in [0.2, 0.25) is 0 Å². The quantitative estimate of drug-likeness (QED) is 0.0458. The molecule has 0 spiro atoms. The summed E-state index contributed by atoms with van der Waals surface area (Å²) in [5.41, 5.74) is 11.3. The number of aliphatic hydroxyl groups excluding tert-OH is 2. The summed E-state index contributed by atoms with van der Waals surface area (Å²) in [6.45, 7) is 9.07. The van der Waals surface area contributed by atoms with E-state index in [0.717, 1.165) is 33.4 Å². The lowest BCUT2D eigenvalue weighted by molar-refractivity contribution is -0.159. The molecule has 0 fully saturated rings. The zero-order valence-corrected chi connectivity index (χ0v) is 37.2. The number of nitrogens with two attached hydrogens (primary N) is 1. The molecule has 0 aromatic heterocycles. The monoisotopic (exact) mass is 904 g/mol. The molecular formula is C45H52Cl4N2O9. The van der Waals surface area contributed by atoms with E-state index < -0.39 is 48.2 Å². The first-order valence-electron chi connectivity index (χ1n) is 19.4. The van der Waals surface area contributed by atoms with E-state index in [9.17, 15) is 29.4 Å². The number of nitrogens with one attached hydrogen (secondary N) is 1. The standard InChI is InChI=1S/C26H31Cl2NO6.C19H21Cl2NO3/c1-15(2)14-34-26(33)24(31)29-20(13-23(30)25(32)35-16(3)4)11-17-5-7-18(8-6-17)21-12-19(27)9-10-22(21)28;1-2-25-19(24)18(23)11-15(22)9-12-3-5-13(6-4-12)16-10-14(20)7-8-17(16)21/h5-10,12,15-16,20,23,30H,11,13-14H2,1-4H3,(H,29,31);3-8,10,15,18,23H,2,9,11,22H2,1H3/t20-,23-;15-,18-/m11/s1. The minimum atomic E-state index is -1.47. The van der Waals surface area contributed by atoms with Gasteiger partial charge in [-0.25, -0.2) is 14.4 Å². The van der Waals surface area contributed by atoms with Crippen LogP contribution >= 0.6 is 46.4 Å². The zero-order chi connectivity index (χ0) is 44.5. The summed E-state index contributed by atoms with van der Waals surface area (Å²) in [7, 11) is 0. The predicted molar refractivity (Wildman–Crippen MR) is 236 cm³/mol. The molecule has 4 aromatic carbocycles. The van der Waals surface area contributed by atoms with Gasteiger partial charge >= 0.3 is 23.8 Å². The van der Waals surface area contributed by atoms with Crippen molar-refractivity contribution in [3.05, 3.63) is 116 Å². The van der Waals surface area contributed by atoms with Crippen LogP contribution < -0.4 is 11.1 Å². The van der Waals surface area contributed by atoms with Gasteiger partial charge in [-0.15, -0.1) is 0 Å². The number of rotatable bonds is 17. The van der Waals surface area contributed by atoms with E-state index in [1.165, 1.54) is 0 Å². The van der Waals surface area contributed by atoms with Gasteiger partial charge in [-0.2, -0.15) is 0 Å². The van der Waals surface area contributed by atoms with Crippen LogP contribution in [0.15, 0.2) is 84.9 Å². The smallest absolute Gasteiger partial charge is 0.396 e. The molecule has 4 atom stereocenters. The van der Waals surface area contributed by atoms with Gasteiger partial charge < -0.3 is 35.5 Å². The fraction of sp³-hybridized carbons (Fsp3) is 0.378. The topological polar surface area (TPSA) is 174 Å².